The third kappa shape index (κ3) is 3.22. The van der Waals surface area contributed by atoms with Gasteiger partial charge in [-0.05, 0) is 67.5 Å². The number of rotatable bonds is 3. The first-order valence-electron chi connectivity index (χ1n) is 10.3. The van der Waals surface area contributed by atoms with E-state index >= 15 is 0 Å². The van der Waals surface area contributed by atoms with Crippen molar-refractivity contribution >= 4 is 39.1 Å². The molecule has 2 N–H and O–H groups in total. The minimum atomic E-state index is -0.301. The van der Waals surface area contributed by atoms with Crippen molar-refractivity contribution in [1.29, 1.82) is 0 Å². The van der Waals surface area contributed by atoms with E-state index in [1.54, 1.807) is 19.1 Å². The summed E-state index contributed by atoms with van der Waals surface area (Å²) in [5.41, 5.74) is 5.43. The van der Waals surface area contributed by atoms with Gasteiger partial charge in [0, 0.05) is 23.7 Å². The van der Waals surface area contributed by atoms with Crippen LogP contribution in [0.2, 0.25) is 5.15 Å². The van der Waals surface area contributed by atoms with Crippen LogP contribution in [0.4, 0.5) is 4.39 Å². The van der Waals surface area contributed by atoms with Crippen molar-refractivity contribution in [2.45, 2.75) is 32.2 Å². The van der Waals surface area contributed by atoms with Crippen LogP contribution in [0.5, 0.6) is 0 Å². The molecule has 1 aromatic carbocycles. The van der Waals surface area contributed by atoms with Crippen LogP contribution in [0.3, 0.4) is 0 Å². The molecule has 31 heavy (non-hydrogen) atoms. The van der Waals surface area contributed by atoms with Crippen LogP contribution in [0.1, 0.15) is 41.4 Å². The van der Waals surface area contributed by atoms with Gasteiger partial charge in [0.25, 0.3) is 5.56 Å². The summed E-state index contributed by atoms with van der Waals surface area (Å²) in [5.74, 6) is -0.301. The van der Waals surface area contributed by atoms with Gasteiger partial charge in [0.2, 0.25) is 0 Å². The maximum atomic E-state index is 14.5. The molecule has 1 atom stereocenters. The Hall–Kier alpha value is -3.12. The highest BCUT2D eigenvalue weighted by atomic mass is 35.5. The minimum Gasteiger partial charge on any atom is -0.366 e. The van der Waals surface area contributed by atoms with E-state index in [-0.39, 0.29) is 17.4 Å². The number of nitrogens with zero attached hydrogens (tertiary/aromatic N) is 2. The van der Waals surface area contributed by atoms with Crippen molar-refractivity contribution < 1.29 is 4.39 Å². The van der Waals surface area contributed by atoms with Crippen molar-refractivity contribution in [2.24, 2.45) is 0 Å². The monoisotopic (exact) mass is 436 g/mol. The average Bonchev–Trinajstić information content (AvgIpc) is 3.17. The zero-order valence-corrected chi connectivity index (χ0v) is 18.1. The Labute approximate surface area is 183 Å². The molecule has 1 aliphatic rings. The second-order valence-corrected chi connectivity index (χ2v) is 8.60. The Bertz CT molecular complexity index is 1420. The molecule has 3 heterocycles. The molecule has 0 radical (unpaired) electrons. The summed E-state index contributed by atoms with van der Waals surface area (Å²) in [6.07, 6.45) is 2.57. The van der Waals surface area contributed by atoms with Crippen LogP contribution in [-0.2, 0) is 6.42 Å². The molecule has 0 amide bonds. The second-order valence-electron chi connectivity index (χ2n) is 8.21. The van der Waals surface area contributed by atoms with E-state index in [1.807, 2.05) is 19.2 Å². The van der Waals surface area contributed by atoms with Gasteiger partial charge in [0.05, 0.1) is 28.5 Å². The molecular formula is C24H22ClFN4O. The average molecular weight is 437 g/mol. The first kappa shape index (κ1) is 19.8. The molecule has 1 aliphatic carbocycles. The Morgan fingerprint density at radius 3 is 2.87 bits per heavy atom. The van der Waals surface area contributed by atoms with Crippen molar-refractivity contribution in [1.82, 2.24) is 19.9 Å². The molecule has 5 nitrogen and oxygen atoms in total. The summed E-state index contributed by atoms with van der Waals surface area (Å²) >= 11 is 6.02. The van der Waals surface area contributed by atoms with Crippen LogP contribution in [-0.4, -0.2) is 26.9 Å². The molecule has 7 heteroatoms. The molecule has 1 unspecified atom stereocenters. The van der Waals surface area contributed by atoms with Crippen molar-refractivity contribution in [3.8, 4) is 0 Å². The number of hydrogen-bond donors (Lipinski definition) is 2. The number of hydrogen-bond acceptors (Lipinski definition) is 3. The van der Waals surface area contributed by atoms with Crippen molar-refractivity contribution in [3.63, 3.8) is 0 Å². The van der Waals surface area contributed by atoms with Gasteiger partial charge in [-0.1, -0.05) is 18.2 Å². The molecule has 4 aromatic rings. The molecule has 0 fully saturated rings. The molecule has 5 rings (SSSR count). The second kappa shape index (κ2) is 7.24. The van der Waals surface area contributed by atoms with Gasteiger partial charge in [0.15, 0.2) is 0 Å². The third-order valence-electron chi connectivity index (χ3n) is 6.31. The predicted molar refractivity (Wildman–Crippen MR) is 123 cm³/mol. The van der Waals surface area contributed by atoms with Crippen LogP contribution in [0.15, 0.2) is 41.7 Å². The standard InChI is InChI=1S/C24H22ClFN4O/c1-12-9-15-14(10-16(12)26)23-18(29-24(15)31)5-4-6-21(23)30(3)13(2)19-11-20-17(27-19)7-8-22(25)28-20/h7-11,21,27H,2,4-6H2,1,3H3,(H,29,31). The van der Waals surface area contributed by atoms with Gasteiger partial charge in [-0.3, -0.25) is 4.79 Å². The fraction of sp³-hybridized carbons (Fsp3) is 0.250. The number of aromatic amines is 2. The minimum absolute atomic E-state index is 0.0411. The zero-order chi connectivity index (χ0) is 21.9. The van der Waals surface area contributed by atoms with E-state index in [0.29, 0.717) is 21.5 Å². The first-order valence-corrected chi connectivity index (χ1v) is 10.6. The Balaban J connectivity index is 1.61. The predicted octanol–water partition coefficient (Wildman–Crippen LogP) is 5.49. The lowest BCUT2D eigenvalue weighted by Crippen LogP contribution is -2.29. The topological polar surface area (TPSA) is 64.8 Å². The summed E-state index contributed by atoms with van der Waals surface area (Å²) < 4.78 is 14.5. The summed E-state index contributed by atoms with van der Waals surface area (Å²) in [6.45, 7) is 5.98. The summed E-state index contributed by atoms with van der Waals surface area (Å²) in [6, 6.07) is 8.66. The number of benzene rings is 1. The van der Waals surface area contributed by atoms with Gasteiger partial charge >= 0.3 is 0 Å². The number of aromatic nitrogens is 3. The molecular weight excluding hydrogens is 415 g/mol. The summed E-state index contributed by atoms with van der Waals surface area (Å²) in [4.78, 5) is 25.5. The number of nitrogens with one attached hydrogen (secondary N) is 2. The number of fused-ring (bicyclic) bond motifs is 4. The van der Waals surface area contributed by atoms with Gasteiger partial charge in [-0.25, -0.2) is 9.37 Å². The Morgan fingerprint density at radius 1 is 1.26 bits per heavy atom. The van der Waals surface area contributed by atoms with E-state index < -0.39 is 0 Å². The molecule has 0 aliphatic heterocycles. The molecule has 158 valence electrons. The fourth-order valence-corrected chi connectivity index (χ4v) is 4.78. The quantitative estimate of drug-likeness (QED) is 0.417. The SMILES string of the molecule is C=C(c1cc2nc(Cl)ccc2[nH]1)N(C)C1CCCc2[nH]c(=O)c3cc(C)c(F)cc3c21. The van der Waals surface area contributed by atoms with E-state index in [2.05, 4.69) is 26.4 Å². The lowest BCUT2D eigenvalue weighted by molar-refractivity contribution is 0.316. The molecule has 0 bridgehead atoms. The van der Waals surface area contributed by atoms with Crippen LogP contribution < -0.4 is 5.56 Å². The highest BCUT2D eigenvalue weighted by molar-refractivity contribution is 6.29. The Morgan fingerprint density at radius 2 is 2.06 bits per heavy atom. The van der Waals surface area contributed by atoms with Crippen molar-refractivity contribution in [3.05, 3.63) is 80.7 Å². The van der Waals surface area contributed by atoms with Crippen LogP contribution >= 0.6 is 11.6 Å². The van der Waals surface area contributed by atoms with E-state index in [4.69, 9.17) is 11.6 Å². The highest BCUT2D eigenvalue weighted by Gasteiger charge is 2.29. The van der Waals surface area contributed by atoms with E-state index in [1.165, 1.54) is 6.07 Å². The maximum absolute atomic E-state index is 14.5. The van der Waals surface area contributed by atoms with E-state index in [0.717, 1.165) is 52.9 Å². The molecule has 0 saturated heterocycles. The van der Waals surface area contributed by atoms with E-state index in [9.17, 15) is 9.18 Å². The smallest absolute Gasteiger partial charge is 0.256 e. The van der Waals surface area contributed by atoms with Crippen molar-refractivity contribution in [2.75, 3.05) is 7.05 Å². The number of aryl methyl sites for hydroxylation is 2. The molecule has 0 spiro atoms. The van der Waals surface area contributed by atoms with Crippen LogP contribution in [0.25, 0.3) is 27.5 Å². The number of H-pyrrole nitrogens is 2. The van der Waals surface area contributed by atoms with Crippen LogP contribution in [0, 0.1) is 12.7 Å². The third-order valence-corrected chi connectivity index (χ3v) is 6.52. The lowest BCUT2D eigenvalue weighted by atomic mass is 9.86. The molecule has 0 saturated carbocycles. The maximum Gasteiger partial charge on any atom is 0.256 e. The van der Waals surface area contributed by atoms with Gasteiger partial charge < -0.3 is 14.9 Å². The highest BCUT2D eigenvalue weighted by Crippen LogP contribution is 2.40. The number of halogens is 2. The number of pyridine rings is 2. The largest absolute Gasteiger partial charge is 0.366 e. The summed E-state index contributed by atoms with van der Waals surface area (Å²) in [5, 5.41) is 1.63. The fourth-order valence-electron chi connectivity index (χ4n) is 4.63. The Kier molecular flexibility index (Phi) is 4.63. The summed E-state index contributed by atoms with van der Waals surface area (Å²) in [7, 11) is 1.98. The van der Waals surface area contributed by atoms with Gasteiger partial charge in [-0.2, -0.15) is 0 Å². The lowest BCUT2D eigenvalue weighted by Gasteiger charge is -2.36. The zero-order valence-electron chi connectivity index (χ0n) is 17.4. The molecule has 3 aromatic heterocycles. The van der Waals surface area contributed by atoms with Gasteiger partial charge in [0.1, 0.15) is 11.0 Å². The van der Waals surface area contributed by atoms with Gasteiger partial charge in [-0.15, -0.1) is 0 Å². The first-order chi connectivity index (χ1) is 14.8. The normalized spacial score (nSPS) is 15.9.